The zero-order valence-electron chi connectivity index (χ0n) is 11.2. The monoisotopic (exact) mass is 286 g/mol. The third-order valence-corrected chi connectivity index (χ3v) is 3.74. The Kier molecular flexibility index (Phi) is 4.91. The molecule has 1 N–H and O–H groups in total. The predicted molar refractivity (Wildman–Crippen MR) is 73.1 cm³/mol. The summed E-state index contributed by atoms with van der Waals surface area (Å²) >= 11 is 6.18. The average Bonchev–Trinajstić information content (AvgIpc) is 2.91. The van der Waals surface area contributed by atoms with E-state index in [2.05, 4.69) is 0 Å². The second kappa shape index (κ2) is 6.46. The number of halogens is 1. The standard InChI is InChI=1S/C14H19ClO4/c1-17-12-6-5-10(14(18-2)13(12)15)11(16)8-9-4-3-7-19-9/h5-6,9,11,16H,3-4,7-8H2,1-2H3. The van der Waals surface area contributed by atoms with Gasteiger partial charge in [-0.2, -0.15) is 0 Å². The van der Waals surface area contributed by atoms with Crippen LogP contribution in [0.25, 0.3) is 0 Å². The Morgan fingerprint density at radius 2 is 2.21 bits per heavy atom. The van der Waals surface area contributed by atoms with Crippen molar-refractivity contribution in [1.82, 2.24) is 0 Å². The molecule has 4 nitrogen and oxygen atoms in total. The molecule has 2 rings (SSSR count). The van der Waals surface area contributed by atoms with Crippen molar-refractivity contribution in [3.63, 3.8) is 0 Å². The fourth-order valence-electron chi connectivity index (χ4n) is 2.39. The van der Waals surface area contributed by atoms with Gasteiger partial charge in [0.2, 0.25) is 0 Å². The van der Waals surface area contributed by atoms with Crippen molar-refractivity contribution in [3.05, 3.63) is 22.7 Å². The summed E-state index contributed by atoms with van der Waals surface area (Å²) < 4.78 is 16.0. The van der Waals surface area contributed by atoms with Gasteiger partial charge >= 0.3 is 0 Å². The number of ether oxygens (including phenoxy) is 3. The van der Waals surface area contributed by atoms with Gasteiger partial charge in [0.25, 0.3) is 0 Å². The molecule has 0 amide bonds. The van der Waals surface area contributed by atoms with Gasteiger partial charge in [0.05, 0.1) is 26.4 Å². The first-order valence-corrected chi connectivity index (χ1v) is 6.75. The highest BCUT2D eigenvalue weighted by Gasteiger charge is 2.24. The zero-order valence-corrected chi connectivity index (χ0v) is 11.9. The highest BCUT2D eigenvalue weighted by Crippen LogP contribution is 2.40. The largest absolute Gasteiger partial charge is 0.495 e. The lowest BCUT2D eigenvalue weighted by molar-refractivity contribution is 0.0526. The lowest BCUT2D eigenvalue weighted by atomic mass is 10.0. The van der Waals surface area contributed by atoms with Crippen LogP contribution in [-0.4, -0.2) is 32.0 Å². The van der Waals surface area contributed by atoms with Crippen LogP contribution >= 0.6 is 11.6 Å². The molecule has 106 valence electrons. The first-order valence-electron chi connectivity index (χ1n) is 6.37. The Labute approximate surface area is 118 Å². The van der Waals surface area contributed by atoms with E-state index in [1.807, 2.05) is 0 Å². The van der Waals surface area contributed by atoms with Gasteiger partial charge in [0.15, 0.2) is 0 Å². The summed E-state index contributed by atoms with van der Waals surface area (Å²) in [6, 6.07) is 3.52. The number of aliphatic hydroxyl groups excluding tert-OH is 1. The van der Waals surface area contributed by atoms with Crippen LogP contribution in [0, 0.1) is 0 Å². The smallest absolute Gasteiger partial charge is 0.147 e. The Morgan fingerprint density at radius 1 is 1.42 bits per heavy atom. The third-order valence-electron chi connectivity index (χ3n) is 3.39. The maximum absolute atomic E-state index is 10.3. The van der Waals surface area contributed by atoms with Crippen molar-refractivity contribution >= 4 is 11.6 Å². The molecule has 19 heavy (non-hydrogen) atoms. The molecule has 0 aromatic heterocycles. The molecule has 2 atom stereocenters. The Balaban J connectivity index is 2.20. The molecule has 0 bridgehead atoms. The molecule has 0 radical (unpaired) electrons. The minimum atomic E-state index is -0.651. The minimum absolute atomic E-state index is 0.112. The number of hydrogen-bond acceptors (Lipinski definition) is 4. The van der Waals surface area contributed by atoms with Gasteiger partial charge in [0, 0.05) is 18.6 Å². The van der Waals surface area contributed by atoms with Crippen LogP contribution < -0.4 is 9.47 Å². The van der Waals surface area contributed by atoms with Crippen LogP contribution in [0.5, 0.6) is 11.5 Å². The topological polar surface area (TPSA) is 47.9 Å². The van der Waals surface area contributed by atoms with Gasteiger partial charge in [-0.25, -0.2) is 0 Å². The van der Waals surface area contributed by atoms with E-state index in [1.54, 1.807) is 19.2 Å². The second-order valence-corrected chi connectivity index (χ2v) is 4.97. The van der Waals surface area contributed by atoms with E-state index >= 15 is 0 Å². The van der Waals surface area contributed by atoms with Crippen molar-refractivity contribution < 1.29 is 19.3 Å². The lowest BCUT2D eigenvalue weighted by Crippen LogP contribution is -2.12. The zero-order chi connectivity index (χ0) is 13.8. The van der Waals surface area contributed by atoms with E-state index in [9.17, 15) is 5.11 Å². The molecule has 1 aromatic rings. The highest BCUT2D eigenvalue weighted by atomic mass is 35.5. The summed E-state index contributed by atoms with van der Waals surface area (Å²) in [6.45, 7) is 0.776. The van der Waals surface area contributed by atoms with Crippen LogP contribution in [0.1, 0.15) is 30.9 Å². The number of rotatable bonds is 5. The molecule has 1 fully saturated rings. The SMILES string of the molecule is COc1ccc(C(O)CC2CCCO2)c(OC)c1Cl. The molecule has 0 saturated carbocycles. The molecule has 0 aliphatic carbocycles. The van der Waals surface area contributed by atoms with Crippen molar-refractivity contribution in [2.75, 3.05) is 20.8 Å². The Hall–Kier alpha value is -0.970. The van der Waals surface area contributed by atoms with Crippen molar-refractivity contribution in [2.24, 2.45) is 0 Å². The Morgan fingerprint density at radius 3 is 2.79 bits per heavy atom. The number of hydrogen-bond donors (Lipinski definition) is 1. The van der Waals surface area contributed by atoms with E-state index < -0.39 is 6.10 Å². The van der Waals surface area contributed by atoms with Crippen LogP contribution in [0.15, 0.2) is 12.1 Å². The quantitative estimate of drug-likeness (QED) is 0.904. The molecule has 1 aliphatic rings. The van der Waals surface area contributed by atoms with Crippen LogP contribution in [0.2, 0.25) is 5.02 Å². The Bertz CT molecular complexity index is 430. The van der Waals surface area contributed by atoms with Crippen LogP contribution in [0.4, 0.5) is 0 Å². The fraction of sp³-hybridized carbons (Fsp3) is 0.571. The fourth-order valence-corrected chi connectivity index (χ4v) is 2.71. The van der Waals surface area contributed by atoms with E-state index in [4.69, 9.17) is 25.8 Å². The first kappa shape index (κ1) is 14.4. The van der Waals surface area contributed by atoms with Crippen molar-refractivity contribution in [2.45, 2.75) is 31.5 Å². The number of benzene rings is 1. The molecule has 5 heteroatoms. The maximum Gasteiger partial charge on any atom is 0.147 e. The number of aliphatic hydroxyl groups is 1. The summed E-state index contributed by atoms with van der Waals surface area (Å²) in [5, 5.41) is 10.7. The molecule has 1 aromatic carbocycles. The first-order chi connectivity index (χ1) is 9.17. The summed E-state index contributed by atoms with van der Waals surface area (Å²) in [6.07, 6.45) is 2.06. The van der Waals surface area contributed by atoms with E-state index in [0.29, 0.717) is 28.5 Å². The summed E-state index contributed by atoms with van der Waals surface area (Å²) in [7, 11) is 3.08. The van der Waals surface area contributed by atoms with Gasteiger partial charge in [-0.15, -0.1) is 0 Å². The van der Waals surface area contributed by atoms with Crippen molar-refractivity contribution in [1.29, 1.82) is 0 Å². The predicted octanol–water partition coefficient (Wildman–Crippen LogP) is 2.96. The van der Waals surface area contributed by atoms with Crippen LogP contribution in [0.3, 0.4) is 0 Å². The molecule has 0 spiro atoms. The highest BCUT2D eigenvalue weighted by molar-refractivity contribution is 6.33. The summed E-state index contributed by atoms with van der Waals surface area (Å²) in [4.78, 5) is 0. The van der Waals surface area contributed by atoms with E-state index in [-0.39, 0.29) is 6.10 Å². The van der Waals surface area contributed by atoms with Crippen molar-refractivity contribution in [3.8, 4) is 11.5 Å². The van der Waals surface area contributed by atoms with Crippen LogP contribution in [-0.2, 0) is 4.74 Å². The van der Waals surface area contributed by atoms with Gasteiger partial charge in [-0.1, -0.05) is 11.6 Å². The summed E-state index contributed by atoms with van der Waals surface area (Å²) in [5.74, 6) is 0.998. The average molecular weight is 287 g/mol. The molecule has 2 unspecified atom stereocenters. The minimum Gasteiger partial charge on any atom is -0.495 e. The molecular weight excluding hydrogens is 268 g/mol. The summed E-state index contributed by atoms with van der Waals surface area (Å²) in [5.41, 5.74) is 0.670. The molecule has 1 aliphatic heterocycles. The molecule has 1 saturated heterocycles. The van der Waals surface area contributed by atoms with Gasteiger partial charge < -0.3 is 19.3 Å². The molecule has 1 heterocycles. The number of methoxy groups -OCH3 is 2. The maximum atomic E-state index is 10.3. The van der Waals surface area contributed by atoms with E-state index in [0.717, 1.165) is 19.4 Å². The van der Waals surface area contributed by atoms with E-state index in [1.165, 1.54) is 7.11 Å². The van der Waals surface area contributed by atoms with Gasteiger partial charge in [0.1, 0.15) is 16.5 Å². The normalized spacial score (nSPS) is 20.3. The van der Waals surface area contributed by atoms with Gasteiger partial charge in [-0.05, 0) is 25.0 Å². The second-order valence-electron chi connectivity index (χ2n) is 4.59. The third kappa shape index (κ3) is 3.14. The van der Waals surface area contributed by atoms with Gasteiger partial charge in [-0.3, -0.25) is 0 Å². The lowest BCUT2D eigenvalue weighted by Gasteiger charge is -2.19. The molecular formula is C14H19ClO4.